The summed E-state index contributed by atoms with van der Waals surface area (Å²) in [6.45, 7) is 5.24. The average molecular weight is 345 g/mol. The summed E-state index contributed by atoms with van der Waals surface area (Å²) < 4.78 is 13.0. The fourth-order valence-corrected chi connectivity index (χ4v) is 2.27. The summed E-state index contributed by atoms with van der Waals surface area (Å²) >= 11 is 0. The SMILES string of the molecule is CCCOc1ccc(CCC(=O)NCCOCCn2ccnc2)cc1. The van der Waals surface area contributed by atoms with Crippen LogP contribution >= 0.6 is 0 Å². The first kappa shape index (κ1) is 19.0. The van der Waals surface area contributed by atoms with Crippen LogP contribution < -0.4 is 10.1 Å². The van der Waals surface area contributed by atoms with Gasteiger partial charge in [0, 0.05) is 31.9 Å². The van der Waals surface area contributed by atoms with Crippen molar-refractivity contribution in [1.29, 1.82) is 0 Å². The van der Waals surface area contributed by atoms with Crippen LogP contribution in [-0.2, 0) is 22.5 Å². The third-order valence-corrected chi connectivity index (χ3v) is 3.66. The van der Waals surface area contributed by atoms with Gasteiger partial charge in [-0.3, -0.25) is 4.79 Å². The molecule has 2 aromatic rings. The molecule has 1 amide bonds. The number of imidazole rings is 1. The molecule has 6 heteroatoms. The number of ether oxygens (including phenoxy) is 2. The zero-order chi connectivity index (χ0) is 17.7. The lowest BCUT2D eigenvalue weighted by atomic mass is 10.1. The topological polar surface area (TPSA) is 65.4 Å². The predicted molar refractivity (Wildman–Crippen MR) is 96.6 cm³/mol. The van der Waals surface area contributed by atoms with Gasteiger partial charge < -0.3 is 19.4 Å². The highest BCUT2D eigenvalue weighted by Crippen LogP contribution is 2.13. The van der Waals surface area contributed by atoms with Crippen molar-refractivity contribution in [2.45, 2.75) is 32.7 Å². The van der Waals surface area contributed by atoms with E-state index >= 15 is 0 Å². The number of benzene rings is 1. The van der Waals surface area contributed by atoms with Crippen LogP contribution in [-0.4, -0.2) is 41.8 Å². The minimum Gasteiger partial charge on any atom is -0.494 e. The fraction of sp³-hybridized carbons (Fsp3) is 0.474. The Morgan fingerprint density at radius 1 is 1.20 bits per heavy atom. The molecule has 0 radical (unpaired) electrons. The number of aryl methyl sites for hydroxylation is 1. The smallest absolute Gasteiger partial charge is 0.220 e. The largest absolute Gasteiger partial charge is 0.494 e. The van der Waals surface area contributed by atoms with Crippen LogP contribution in [0.2, 0.25) is 0 Å². The van der Waals surface area contributed by atoms with Crippen molar-refractivity contribution >= 4 is 5.91 Å². The van der Waals surface area contributed by atoms with E-state index in [4.69, 9.17) is 9.47 Å². The van der Waals surface area contributed by atoms with E-state index in [1.165, 1.54) is 0 Å². The maximum Gasteiger partial charge on any atom is 0.220 e. The number of amides is 1. The molecule has 2 rings (SSSR count). The molecule has 0 saturated heterocycles. The first-order valence-electron chi connectivity index (χ1n) is 8.80. The number of aromatic nitrogens is 2. The van der Waals surface area contributed by atoms with Crippen LogP contribution in [0.1, 0.15) is 25.3 Å². The van der Waals surface area contributed by atoms with Crippen molar-refractivity contribution in [3.63, 3.8) is 0 Å². The summed E-state index contributed by atoms with van der Waals surface area (Å²) in [5.74, 6) is 0.924. The van der Waals surface area contributed by atoms with E-state index in [9.17, 15) is 4.79 Å². The van der Waals surface area contributed by atoms with E-state index in [1.807, 2.05) is 35.0 Å². The number of hydrogen-bond donors (Lipinski definition) is 1. The summed E-state index contributed by atoms with van der Waals surface area (Å²) in [6.07, 6.45) is 7.59. The van der Waals surface area contributed by atoms with Crippen LogP contribution in [0.25, 0.3) is 0 Å². The van der Waals surface area contributed by atoms with Crippen molar-refractivity contribution in [2.75, 3.05) is 26.4 Å². The van der Waals surface area contributed by atoms with Crippen molar-refractivity contribution in [2.24, 2.45) is 0 Å². The highest BCUT2D eigenvalue weighted by Gasteiger charge is 2.02. The Bertz CT molecular complexity index is 597. The Labute approximate surface area is 149 Å². The molecule has 1 heterocycles. The van der Waals surface area contributed by atoms with E-state index in [2.05, 4.69) is 17.2 Å². The molecule has 0 aliphatic rings. The van der Waals surface area contributed by atoms with Crippen molar-refractivity contribution in [3.8, 4) is 5.75 Å². The molecule has 6 nitrogen and oxygen atoms in total. The van der Waals surface area contributed by atoms with Crippen molar-refractivity contribution in [1.82, 2.24) is 14.9 Å². The zero-order valence-corrected chi connectivity index (χ0v) is 14.8. The van der Waals surface area contributed by atoms with Crippen molar-refractivity contribution in [3.05, 3.63) is 48.5 Å². The lowest BCUT2D eigenvalue weighted by molar-refractivity contribution is -0.121. The third-order valence-electron chi connectivity index (χ3n) is 3.66. The van der Waals surface area contributed by atoms with Gasteiger partial charge in [-0.15, -0.1) is 0 Å². The first-order chi connectivity index (χ1) is 12.3. The van der Waals surface area contributed by atoms with Gasteiger partial charge in [-0.1, -0.05) is 19.1 Å². The summed E-state index contributed by atoms with van der Waals surface area (Å²) in [5.41, 5.74) is 1.13. The number of rotatable bonds is 12. The lowest BCUT2D eigenvalue weighted by Crippen LogP contribution is -2.27. The number of carbonyl (C=O) groups is 1. The van der Waals surface area contributed by atoms with Crippen LogP contribution in [0, 0.1) is 0 Å². The molecule has 25 heavy (non-hydrogen) atoms. The lowest BCUT2D eigenvalue weighted by Gasteiger charge is -2.08. The second-order valence-electron chi connectivity index (χ2n) is 5.76. The second kappa shape index (κ2) is 11.3. The van der Waals surface area contributed by atoms with E-state index in [0.717, 1.165) is 37.3 Å². The van der Waals surface area contributed by atoms with Gasteiger partial charge in [0.1, 0.15) is 5.75 Å². The normalized spacial score (nSPS) is 10.6. The first-order valence-corrected chi connectivity index (χ1v) is 8.80. The number of nitrogens with zero attached hydrogens (tertiary/aromatic N) is 2. The van der Waals surface area contributed by atoms with Gasteiger partial charge in [0.15, 0.2) is 0 Å². The molecule has 0 bridgehead atoms. The van der Waals surface area contributed by atoms with E-state index in [0.29, 0.717) is 26.2 Å². The molecule has 0 saturated carbocycles. The molecule has 1 N–H and O–H groups in total. The Kier molecular flexibility index (Phi) is 8.55. The minimum absolute atomic E-state index is 0.0459. The molecule has 0 atom stereocenters. The average Bonchev–Trinajstić information content (AvgIpc) is 3.15. The monoisotopic (exact) mass is 345 g/mol. The summed E-state index contributed by atoms with van der Waals surface area (Å²) in [7, 11) is 0. The van der Waals surface area contributed by atoms with Crippen LogP contribution in [0.4, 0.5) is 0 Å². The number of nitrogens with one attached hydrogen (secondary N) is 1. The molecular formula is C19H27N3O3. The van der Waals surface area contributed by atoms with Crippen LogP contribution in [0.15, 0.2) is 43.0 Å². The van der Waals surface area contributed by atoms with Gasteiger partial charge in [0.05, 0.1) is 26.1 Å². The third kappa shape index (κ3) is 7.85. The number of hydrogen-bond acceptors (Lipinski definition) is 4. The summed E-state index contributed by atoms with van der Waals surface area (Å²) in [4.78, 5) is 15.8. The van der Waals surface area contributed by atoms with E-state index < -0.39 is 0 Å². The van der Waals surface area contributed by atoms with Gasteiger partial charge in [-0.25, -0.2) is 4.98 Å². The van der Waals surface area contributed by atoms with Crippen molar-refractivity contribution < 1.29 is 14.3 Å². The molecule has 0 unspecified atom stereocenters. The van der Waals surface area contributed by atoms with Crippen LogP contribution in [0.3, 0.4) is 0 Å². The molecular weight excluding hydrogens is 318 g/mol. The van der Waals surface area contributed by atoms with Crippen LogP contribution in [0.5, 0.6) is 5.75 Å². The molecule has 0 spiro atoms. The Morgan fingerprint density at radius 3 is 2.76 bits per heavy atom. The highest BCUT2D eigenvalue weighted by atomic mass is 16.5. The molecule has 0 aliphatic carbocycles. The second-order valence-corrected chi connectivity index (χ2v) is 5.76. The number of carbonyl (C=O) groups excluding carboxylic acids is 1. The summed E-state index contributed by atoms with van der Waals surface area (Å²) in [5, 5.41) is 2.88. The standard InChI is InChI=1S/C19H27N3O3/c1-2-13-25-18-6-3-17(4-7-18)5-8-19(23)21-10-14-24-15-12-22-11-9-20-16-22/h3-4,6-7,9,11,16H,2,5,8,10,12-15H2,1H3,(H,21,23). The Balaban J connectivity index is 1.51. The molecule has 0 fully saturated rings. The van der Waals surface area contributed by atoms with E-state index in [-0.39, 0.29) is 5.91 Å². The molecule has 1 aromatic carbocycles. The molecule has 1 aromatic heterocycles. The molecule has 0 aliphatic heterocycles. The maximum absolute atomic E-state index is 11.8. The highest BCUT2D eigenvalue weighted by molar-refractivity contribution is 5.76. The summed E-state index contributed by atoms with van der Waals surface area (Å²) in [6, 6.07) is 7.93. The van der Waals surface area contributed by atoms with Gasteiger partial charge in [-0.2, -0.15) is 0 Å². The Hall–Kier alpha value is -2.34. The van der Waals surface area contributed by atoms with Gasteiger partial charge >= 0.3 is 0 Å². The predicted octanol–water partition coefficient (Wildman–Crippen LogP) is 2.44. The fourth-order valence-electron chi connectivity index (χ4n) is 2.27. The minimum atomic E-state index is 0.0459. The van der Waals surface area contributed by atoms with E-state index in [1.54, 1.807) is 12.5 Å². The Morgan fingerprint density at radius 2 is 2.04 bits per heavy atom. The zero-order valence-electron chi connectivity index (χ0n) is 14.8. The maximum atomic E-state index is 11.8. The van der Waals surface area contributed by atoms with Gasteiger partial charge in [0.25, 0.3) is 0 Å². The van der Waals surface area contributed by atoms with Gasteiger partial charge in [0.2, 0.25) is 5.91 Å². The quantitative estimate of drug-likeness (QED) is 0.600. The van der Waals surface area contributed by atoms with Gasteiger partial charge in [-0.05, 0) is 30.5 Å². The molecule has 136 valence electrons.